The fourth-order valence-electron chi connectivity index (χ4n) is 0.0691. The van der Waals surface area contributed by atoms with Gasteiger partial charge in [0.15, 0.2) is 0 Å². The normalized spacial score (nSPS) is 11.3. The number of rotatable bonds is 3. The minimum absolute atomic E-state index is 0. The molecular weight excluding hydrogens is 382 g/mol. The molecule has 0 rings (SSSR count). The maximum atomic E-state index is 9.48. The Hall–Kier alpha value is 1.77. The summed E-state index contributed by atoms with van der Waals surface area (Å²) in [6.45, 7) is 0. The van der Waals surface area contributed by atoms with Crippen LogP contribution >= 0.6 is 0 Å². The summed E-state index contributed by atoms with van der Waals surface area (Å²) in [6.07, 6.45) is 0. The van der Waals surface area contributed by atoms with E-state index >= 15 is 0 Å². The van der Waals surface area contributed by atoms with Gasteiger partial charge in [-0.1, -0.05) is 8.67 Å². The monoisotopic (exact) mass is 383 g/mol. The van der Waals surface area contributed by atoms with Gasteiger partial charge in [-0.25, -0.2) is 8.42 Å². The zero-order valence-corrected chi connectivity index (χ0v) is 14.3. The summed E-state index contributed by atoms with van der Waals surface area (Å²) in [6, 6.07) is 0. The molecule has 12 nitrogen and oxygen atoms in total. The van der Waals surface area contributed by atoms with Crippen molar-refractivity contribution >= 4 is 31.2 Å². The Morgan fingerprint density at radius 3 is 1.12 bits per heavy atom. The average Bonchev–Trinajstić information content (AvgIpc) is 1.76. The Morgan fingerprint density at radius 1 is 0.824 bits per heavy atom. The topological polar surface area (TPSA) is 210 Å². The van der Waals surface area contributed by atoms with Gasteiger partial charge in [-0.15, -0.1) is 0 Å². The average molecular weight is 383 g/mol. The van der Waals surface area contributed by atoms with Crippen LogP contribution in [0.3, 0.4) is 0 Å². The molecular formula is HKMnO12S3. The largest absolute Gasteiger partial charge is 2.00 e. The minimum Gasteiger partial charge on any atom is -0.759 e. The third kappa shape index (κ3) is 57.5. The van der Waals surface area contributed by atoms with Gasteiger partial charge in [0.05, 0.1) is 0 Å². The Kier molecular flexibility index (Phi) is 16.8. The zero-order chi connectivity index (χ0) is 12.9. The van der Waals surface area contributed by atoms with E-state index in [1.807, 2.05) is 0 Å². The van der Waals surface area contributed by atoms with Gasteiger partial charge in [0.2, 0.25) is 10.4 Å². The van der Waals surface area contributed by atoms with Crippen LogP contribution in [-0.2, 0) is 56.9 Å². The first-order valence-corrected chi connectivity index (χ1v) is 6.21. The summed E-state index contributed by atoms with van der Waals surface area (Å²) in [5.74, 6) is 0. The molecule has 0 saturated carbocycles. The molecule has 17 heteroatoms. The Morgan fingerprint density at radius 2 is 1.06 bits per heavy atom. The maximum Gasteiger partial charge on any atom is 2.00 e. The molecule has 1 radical (unpaired) electrons. The van der Waals surface area contributed by atoms with Gasteiger partial charge in [-0.2, -0.15) is 8.42 Å². The van der Waals surface area contributed by atoms with E-state index in [-0.39, 0.29) is 68.5 Å². The van der Waals surface area contributed by atoms with Gasteiger partial charge in [-0.3, -0.25) is 13.0 Å². The molecule has 0 saturated heterocycles. The third-order valence-corrected chi connectivity index (χ3v) is 0.758. The van der Waals surface area contributed by atoms with Crippen LogP contribution in [0.4, 0.5) is 0 Å². The van der Waals surface area contributed by atoms with Crippen LogP contribution in [0.2, 0.25) is 0 Å². The molecule has 17 heavy (non-hydrogen) atoms. The summed E-state index contributed by atoms with van der Waals surface area (Å²) in [4.78, 5) is 0. The molecule has 0 heterocycles. The molecule has 0 aliphatic carbocycles. The van der Waals surface area contributed by atoms with Crippen molar-refractivity contribution in [2.45, 2.75) is 0 Å². The summed E-state index contributed by atoms with van der Waals surface area (Å²) >= 11 is 0. The molecule has 0 aliphatic heterocycles. The zero-order valence-electron chi connectivity index (χ0n) is 7.54. The van der Waals surface area contributed by atoms with Crippen LogP contribution in [0.5, 0.6) is 0 Å². The predicted molar refractivity (Wildman–Crippen MR) is 33.9 cm³/mol. The van der Waals surface area contributed by atoms with Crippen LogP contribution in [-0.4, -0.2) is 43.5 Å². The first kappa shape index (κ1) is 27.2. The van der Waals surface area contributed by atoms with E-state index < -0.39 is 31.2 Å². The van der Waals surface area contributed by atoms with Gasteiger partial charge in [0.1, 0.15) is 0 Å². The van der Waals surface area contributed by atoms with E-state index in [0.717, 1.165) is 0 Å². The molecule has 0 aliphatic rings. The van der Waals surface area contributed by atoms with Gasteiger partial charge in [-0.05, 0) is 0 Å². The smallest absolute Gasteiger partial charge is 0.759 e. The van der Waals surface area contributed by atoms with Crippen molar-refractivity contribution in [3.05, 3.63) is 0 Å². The summed E-state index contributed by atoms with van der Waals surface area (Å²) in [5, 5.41) is 0. The van der Waals surface area contributed by atoms with Crippen molar-refractivity contribution < 1.29 is 121 Å². The standard InChI is InChI=1S/K.Mn.H2O8S2.H2O4S/c;;1-9(2,3)7-8-10(4,5)6;1-5(2,3)4/h;;(H,1,2,3)(H,4,5,6);(H2,1,2,3,4)/q+1;+2;;/p-3. The SMILES string of the molecule is O=S(=O)([O-])OOS(=O)(=O)O.O=S(=O)([O-])[O-].[K+].[Mn+2]. The van der Waals surface area contributed by atoms with Crippen LogP contribution in [0.15, 0.2) is 0 Å². The van der Waals surface area contributed by atoms with E-state index in [1.54, 1.807) is 0 Å². The Bertz CT molecular complexity index is 426. The molecule has 0 bridgehead atoms. The molecule has 0 atom stereocenters. The molecule has 0 aromatic carbocycles. The molecule has 1 N–H and O–H groups in total. The first-order chi connectivity index (χ1) is 6.21. The van der Waals surface area contributed by atoms with Crippen molar-refractivity contribution in [2.75, 3.05) is 0 Å². The minimum atomic E-state index is -5.27. The molecule has 0 aromatic rings. The van der Waals surface area contributed by atoms with Gasteiger partial charge < -0.3 is 13.7 Å². The molecule has 0 spiro atoms. The Balaban J connectivity index is -0.000000105. The summed E-state index contributed by atoms with van der Waals surface area (Å²) in [7, 11) is -15.5. The predicted octanol–water partition coefficient (Wildman–Crippen LogP) is -6.14. The van der Waals surface area contributed by atoms with Crippen LogP contribution < -0.4 is 51.4 Å². The van der Waals surface area contributed by atoms with Crippen molar-refractivity contribution in [3.63, 3.8) is 0 Å². The van der Waals surface area contributed by atoms with Crippen LogP contribution in [0.25, 0.3) is 0 Å². The molecule has 0 fully saturated rings. The number of hydrogen-bond donors (Lipinski definition) is 1. The van der Waals surface area contributed by atoms with E-state index in [9.17, 15) is 21.4 Å². The summed E-state index contributed by atoms with van der Waals surface area (Å²) < 4.78 is 94.2. The summed E-state index contributed by atoms with van der Waals surface area (Å²) in [5.41, 5.74) is 0. The molecule has 0 aromatic heterocycles. The van der Waals surface area contributed by atoms with Crippen molar-refractivity contribution in [1.82, 2.24) is 0 Å². The first-order valence-electron chi connectivity index (χ1n) is 2.18. The fourth-order valence-corrected chi connectivity index (χ4v) is 0.622. The van der Waals surface area contributed by atoms with Crippen molar-refractivity contribution in [3.8, 4) is 0 Å². The molecule has 0 unspecified atom stereocenters. The van der Waals surface area contributed by atoms with Gasteiger partial charge in [0, 0.05) is 10.4 Å². The van der Waals surface area contributed by atoms with Crippen LogP contribution in [0, 0.1) is 0 Å². The molecule has 99 valence electrons. The fraction of sp³-hybridized carbons (Fsp3) is 0. The maximum absolute atomic E-state index is 9.48. The van der Waals surface area contributed by atoms with E-state index in [4.69, 9.17) is 22.1 Å². The second kappa shape index (κ2) is 10.5. The van der Waals surface area contributed by atoms with Gasteiger partial charge >= 0.3 is 78.9 Å². The van der Waals surface area contributed by atoms with E-state index in [0.29, 0.717) is 0 Å². The van der Waals surface area contributed by atoms with E-state index in [2.05, 4.69) is 8.67 Å². The molecule has 0 amide bonds. The van der Waals surface area contributed by atoms with Crippen molar-refractivity contribution in [1.29, 1.82) is 0 Å². The number of hydrogen-bond acceptors (Lipinski definition) is 11. The quantitative estimate of drug-likeness (QED) is 0.159. The Labute approximate surface area is 149 Å². The second-order valence-electron chi connectivity index (χ2n) is 1.38. The third-order valence-electron chi connectivity index (χ3n) is 0.197. The van der Waals surface area contributed by atoms with Crippen molar-refractivity contribution in [2.24, 2.45) is 0 Å². The van der Waals surface area contributed by atoms with Gasteiger partial charge in [0.25, 0.3) is 0 Å². The van der Waals surface area contributed by atoms with E-state index in [1.165, 1.54) is 0 Å². The van der Waals surface area contributed by atoms with Crippen LogP contribution in [0.1, 0.15) is 0 Å². The second-order valence-corrected chi connectivity index (χ2v) is 4.14.